The van der Waals surface area contributed by atoms with Crippen molar-refractivity contribution in [3.63, 3.8) is 0 Å². The fraction of sp³-hybridized carbons (Fsp3) is 0.0625. The van der Waals surface area contributed by atoms with Crippen LogP contribution in [0.1, 0.15) is 5.56 Å². The van der Waals surface area contributed by atoms with Gasteiger partial charge in [0, 0.05) is 29.7 Å². The summed E-state index contributed by atoms with van der Waals surface area (Å²) < 4.78 is 40.3. The van der Waals surface area contributed by atoms with E-state index in [-0.39, 0.29) is 17.3 Å². The normalized spacial score (nSPS) is 11.7. The Bertz CT molecular complexity index is 904. The van der Waals surface area contributed by atoms with E-state index >= 15 is 0 Å². The Morgan fingerprint density at radius 3 is 2.59 bits per heavy atom. The summed E-state index contributed by atoms with van der Waals surface area (Å²) in [5.41, 5.74) is 0.687. The highest BCUT2D eigenvalue weighted by molar-refractivity contribution is 7.89. The second-order valence-corrected chi connectivity index (χ2v) is 6.54. The lowest BCUT2D eigenvalue weighted by Gasteiger charge is -2.09. The van der Waals surface area contributed by atoms with Gasteiger partial charge in [0.15, 0.2) is 0 Å². The summed E-state index contributed by atoms with van der Waals surface area (Å²) in [6.07, 6.45) is 3.18. The van der Waals surface area contributed by atoms with Crippen LogP contribution < -0.4 is 4.72 Å². The molecule has 2 aromatic carbocycles. The maximum absolute atomic E-state index is 12.9. The van der Waals surface area contributed by atoms with Crippen molar-refractivity contribution in [3.05, 3.63) is 72.3 Å². The largest absolute Gasteiger partial charge is 0.264 e. The number of fused-ring (bicyclic) bond motifs is 1. The number of nitrogens with zero attached hydrogens (tertiary/aromatic N) is 1. The van der Waals surface area contributed by atoms with Gasteiger partial charge in [-0.3, -0.25) is 4.98 Å². The van der Waals surface area contributed by atoms with E-state index < -0.39 is 10.0 Å². The molecule has 0 radical (unpaired) electrons. The molecule has 0 saturated carbocycles. The molecule has 0 amide bonds. The molecule has 22 heavy (non-hydrogen) atoms. The van der Waals surface area contributed by atoms with Gasteiger partial charge in [0.2, 0.25) is 10.0 Å². The number of halogens is 1. The standard InChI is InChI=1S/C16H13FN2O2S/c17-14-6-4-12(5-7-14)10-19-22(20,21)16-3-1-2-13-11-18-9-8-15(13)16/h1-9,11,19H,10H2. The smallest absolute Gasteiger partial charge is 0.241 e. The predicted molar refractivity (Wildman–Crippen MR) is 82.2 cm³/mol. The predicted octanol–water partition coefficient (Wildman–Crippen LogP) is 2.85. The maximum Gasteiger partial charge on any atom is 0.241 e. The number of sulfonamides is 1. The number of nitrogens with one attached hydrogen (secondary N) is 1. The minimum atomic E-state index is -3.67. The maximum atomic E-state index is 12.9. The Hall–Kier alpha value is -2.31. The van der Waals surface area contributed by atoms with Gasteiger partial charge in [-0.1, -0.05) is 24.3 Å². The fourth-order valence-corrected chi connectivity index (χ4v) is 3.43. The molecule has 112 valence electrons. The van der Waals surface area contributed by atoms with Crippen molar-refractivity contribution < 1.29 is 12.8 Å². The van der Waals surface area contributed by atoms with E-state index in [2.05, 4.69) is 9.71 Å². The zero-order valence-corrected chi connectivity index (χ0v) is 12.3. The Kier molecular flexibility index (Phi) is 3.87. The van der Waals surface area contributed by atoms with Gasteiger partial charge in [-0.05, 0) is 29.8 Å². The minimum Gasteiger partial charge on any atom is -0.264 e. The first-order valence-electron chi connectivity index (χ1n) is 6.63. The van der Waals surface area contributed by atoms with Crippen LogP contribution >= 0.6 is 0 Å². The highest BCUT2D eigenvalue weighted by Crippen LogP contribution is 2.22. The highest BCUT2D eigenvalue weighted by atomic mass is 32.2. The molecule has 6 heteroatoms. The van der Waals surface area contributed by atoms with Crippen LogP contribution in [-0.4, -0.2) is 13.4 Å². The average Bonchev–Trinajstić information content (AvgIpc) is 2.54. The molecular formula is C16H13FN2O2S. The quantitative estimate of drug-likeness (QED) is 0.805. The lowest BCUT2D eigenvalue weighted by molar-refractivity contribution is 0.582. The van der Waals surface area contributed by atoms with Crippen LogP contribution in [0.5, 0.6) is 0 Å². The Morgan fingerprint density at radius 1 is 1.05 bits per heavy atom. The number of aromatic nitrogens is 1. The molecule has 0 atom stereocenters. The van der Waals surface area contributed by atoms with Crippen LogP contribution in [0.3, 0.4) is 0 Å². The Morgan fingerprint density at radius 2 is 1.82 bits per heavy atom. The molecule has 3 rings (SSSR count). The third kappa shape index (κ3) is 2.98. The molecular weight excluding hydrogens is 303 g/mol. The van der Waals surface area contributed by atoms with Crippen LogP contribution in [0.2, 0.25) is 0 Å². The molecule has 0 unspecified atom stereocenters. The third-order valence-corrected chi connectivity index (χ3v) is 4.77. The zero-order chi connectivity index (χ0) is 15.6. The summed E-state index contributed by atoms with van der Waals surface area (Å²) in [6, 6.07) is 12.4. The van der Waals surface area contributed by atoms with Gasteiger partial charge < -0.3 is 0 Å². The van der Waals surface area contributed by atoms with Crippen LogP contribution in [0.15, 0.2) is 65.8 Å². The number of pyridine rings is 1. The highest BCUT2D eigenvalue weighted by Gasteiger charge is 2.16. The minimum absolute atomic E-state index is 0.101. The van der Waals surface area contributed by atoms with Gasteiger partial charge in [-0.2, -0.15) is 0 Å². The third-order valence-electron chi connectivity index (χ3n) is 3.31. The molecule has 0 saturated heterocycles. The van der Waals surface area contributed by atoms with Gasteiger partial charge in [0.05, 0.1) is 4.90 Å². The van der Waals surface area contributed by atoms with Crippen LogP contribution in [0, 0.1) is 5.82 Å². The first-order chi connectivity index (χ1) is 10.6. The lowest BCUT2D eigenvalue weighted by Crippen LogP contribution is -2.23. The van der Waals surface area contributed by atoms with Crippen molar-refractivity contribution in [1.29, 1.82) is 0 Å². The van der Waals surface area contributed by atoms with Gasteiger partial charge in [-0.15, -0.1) is 0 Å². The first-order valence-corrected chi connectivity index (χ1v) is 8.11. The zero-order valence-electron chi connectivity index (χ0n) is 11.5. The molecule has 4 nitrogen and oxygen atoms in total. The summed E-state index contributed by atoms with van der Waals surface area (Å²) in [5.74, 6) is -0.354. The van der Waals surface area contributed by atoms with E-state index in [4.69, 9.17) is 0 Å². The second-order valence-electron chi connectivity index (χ2n) is 4.80. The van der Waals surface area contributed by atoms with Crippen molar-refractivity contribution in [2.45, 2.75) is 11.4 Å². The van der Waals surface area contributed by atoms with Crippen molar-refractivity contribution in [2.75, 3.05) is 0 Å². The molecule has 1 aromatic heterocycles. The molecule has 0 bridgehead atoms. The topological polar surface area (TPSA) is 59.1 Å². The fourth-order valence-electron chi connectivity index (χ4n) is 2.19. The molecule has 0 aliphatic heterocycles. The van der Waals surface area contributed by atoms with Crippen LogP contribution in [-0.2, 0) is 16.6 Å². The molecule has 0 fully saturated rings. The van der Waals surface area contributed by atoms with Crippen molar-refractivity contribution in [3.8, 4) is 0 Å². The van der Waals surface area contributed by atoms with Crippen molar-refractivity contribution in [1.82, 2.24) is 9.71 Å². The number of hydrogen-bond acceptors (Lipinski definition) is 3. The SMILES string of the molecule is O=S(=O)(NCc1ccc(F)cc1)c1cccc2cnccc12. The summed E-state index contributed by atoms with van der Waals surface area (Å²) in [5, 5.41) is 1.37. The molecule has 0 aliphatic carbocycles. The Balaban J connectivity index is 1.90. The molecule has 1 heterocycles. The number of benzene rings is 2. The van der Waals surface area contributed by atoms with Crippen molar-refractivity contribution in [2.24, 2.45) is 0 Å². The number of rotatable bonds is 4. The summed E-state index contributed by atoms with van der Waals surface area (Å²) in [7, 11) is -3.67. The van der Waals surface area contributed by atoms with E-state index in [1.54, 1.807) is 48.8 Å². The second kappa shape index (κ2) is 5.82. The van der Waals surface area contributed by atoms with Gasteiger partial charge in [-0.25, -0.2) is 17.5 Å². The molecule has 3 aromatic rings. The monoisotopic (exact) mass is 316 g/mol. The average molecular weight is 316 g/mol. The summed E-state index contributed by atoms with van der Waals surface area (Å²) >= 11 is 0. The van der Waals surface area contributed by atoms with Gasteiger partial charge >= 0.3 is 0 Å². The van der Waals surface area contributed by atoms with E-state index in [1.165, 1.54) is 12.1 Å². The van der Waals surface area contributed by atoms with Gasteiger partial charge in [0.1, 0.15) is 5.82 Å². The Labute approximate surface area is 127 Å². The molecule has 0 spiro atoms. The van der Waals surface area contributed by atoms with Crippen LogP contribution in [0.25, 0.3) is 10.8 Å². The van der Waals surface area contributed by atoms with Crippen LogP contribution in [0.4, 0.5) is 4.39 Å². The van der Waals surface area contributed by atoms with E-state index in [0.29, 0.717) is 10.9 Å². The summed E-state index contributed by atoms with van der Waals surface area (Å²) in [4.78, 5) is 4.19. The van der Waals surface area contributed by atoms with E-state index in [0.717, 1.165) is 5.39 Å². The number of hydrogen-bond donors (Lipinski definition) is 1. The van der Waals surface area contributed by atoms with E-state index in [9.17, 15) is 12.8 Å². The molecule has 1 N–H and O–H groups in total. The lowest BCUT2D eigenvalue weighted by atomic mass is 10.2. The first kappa shape index (κ1) is 14.6. The van der Waals surface area contributed by atoms with Gasteiger partial charge in [0.25, 0.3) is 0 Å². The van der Waals surface area contributed by atoms with Crippen molar-refractivity contribution >= 4 is 20.8 Å². The van der Waals surface area contributed by atoms with E-state index in [1.807, 2.05) is 0 Å². The molecule has 0 aliphatic rings. The summed E-state index contributed by atoms with van der Waals surface area (Å²) in [6.45, 7) is 0.101.